The SMILES string of the molecule is CCOc1cc([C@@H](N)CCCCN)cc(Br)c1O. The third kappa shape index (κ3) is 4.15. The summed E-state index contributed by atoms with van der Waals surface area (Å²) in [5.74, 6) is 0.589. The lowest BCUT2D eigenvalue weighted by molar-refractivity contribution is 0.316. The maximum absolute atomic E-state index is 9.82. The lowest BCUT2D eigenvalue weighted by atomic mass is 10.0. The molecule has 5 N–H and O–H groups in total. The van der Waals surface area contributed by atoms with Crippen LogP contribution in [0.5, 0.6) is 11.5 Å². The fraction of sp³-hybridized carbons (Fsp3) is 0.538. The first-order valence-corrected chi connectivity index (χ1v) is 7.00. The van der Waals surface area contributed by atoms with Gasteiger partial charge in [-0.25, -0.2) is 0 Å². The van der Waals surface area contributed by atoms with Gasteiger partial charge < -0.3 is 21.3 Å². The molecule has 0 radical (unpaired) electrons. The monoisotopic (exact) mass is 316 g/mol. The average molecular weight is 317 g/mol. The Balaban J connectivity index is 2.81. The van der Waals surface area contributed by atoms with Crippen LogP contribution in [0.25, 0.3) is 0 Å². The minimum absolute atomic E-state index is 0.0624. The van der Waals surface area contributed by atoms with Crippen LogP contribution in [0.1, 0.15) is 37.8 Å². The maximum Gasteiger partial charge on any atom is 0.172 e. The number of ether oxygens (including phenoxy) is 1. The lowest BCUT2D eigenvalue weighted by Gasteiger charge is -2.15. The summed E-state index contributed by atoms with van der Waals surface area (Å²) in [4.78, 5) is 0. The molecule has 18 heavy (non-hydrogen) atoms. The van der Waals surface area contributed by atoms with Crippen LogP contribution in [0.4, 0.5) is 0 Å². The van der Waals surface area contributed by atoms with Crippen LogP contribution >= 0.6 is 15.9 Å². The second-order valence-electron chi connectivity index (χ2n) is 4.17. The van der Waals surface area contributed by atoms with E-state index in [1.807, 2.05) is 13.0 Å². The Hall–Kier alpha value is -0.780. The molecule has 5 heteroatoms. The van der Waals surface area contributed by atoms with E-state index in [4.69, 9.17) is 16.2 Å². The summed E-state index contributed by atoms with van der Waals surface area (Å²) >= 11 is 3.31. The van der Waals surface area contributed by atoms with E-state index in [-0.39, 0.29) is 11.8 Å². The highest BCUT2D eigenvalue weighted by Crippen LogP contribution is 2.37. The van der Waals surface area contributed by atoms with E-state index < -0.39 is 0 Å². The molecule has 102 valence electrons. The van der Waals surface area contributed by atoms with Crippen LogP contribution in [-0.2, 0) is 0 Å². The molecule has 1 rings (SSSR count). The molecular formula is C13H21BrN2O2. The van der Waals surface area contributed by atoms with Gasteiger partial charge in [-0.05, 0) is 59.9 Å². The Morgan fingerprint density at radius 2 is 2.11 bits per heavy atom. The minimum atomic E-state index is -0.0624. The summed E-state index contributed by atoms with van der Waals surface area (Å²) in [6.45, 7) is 3.07. The second-order valence-corrected chi connectivity index (χ2v) is 5.03. The summed E-state index contributed by atoms with van der Waals surface area (Å²) in [7, 11) is 0. The van der Waals surface area contributed by atoms with Gasteiger partial charge in [0.05, 0.1) is 11.1 Å². The van der Waals surface area contributed by atoms with E-state index in [0.29, 0.717) is 23.4 Å². The first-order chi connectivity index (χ1) is 8.60. The van der Waals surface area contributed by atoms with Crippen molar-refractivity contribution < 1.29 is 9.84 Å². The molecule has 0 bridgehead atoms. The number of nitrogens with two attached hydrogens (primary N) is 2. The first kappa shape index (κ1) is 15.3. The quantitative estimate of drug-likeness (QED) is 0.675. The molecule has 1 atom stereocenters. The molecular weight excluding hydrogens is 296 g/mol. The number of aromatic hydroxyl groups is 1. The van der Waals surface area contributed by atoms with Gasteiger partial charge in [0.15, 0.2) is 11.5 Å². The third-order valence-corrected chi connectivity index (χ3v) is 3.35. The lowest BCUT2D eigenvalue weighted by Crippen LogP contribution is -2.11. The average Bonchev–Trinajstić information content (AvgIpc) is 2.35. The molecule has 0 amide bonds. The molecule has 0 spiro atoms. The zero-order chi connectivity index (χ0) is 13.5. The number of rotatable bonds is 7. The number of halogens is 1. The summed E-state index contributed by atoms with van der Waals surface area (Å²) < 4.78 is 5.99. The van der Waals surface area contributed by atoms with Gasteiger partial charge in [0.2, 0.25) is 0 Å². The maximum atomic E-state index is 9.82. The van der Waals surface area contributed by atoms with Crippen molar-refractivity contribution in [3.05, 3.63) is 22.2 Å². The van der Waals surface area contributed by atoms with E-state index in [1.165, 1.54) is 0 Å². The van der Waals surface area contributed by atoms with Crippen molar-refractivity contribution in [1.29, 1.82) is 0 Å². The summed E-state index contributed by atoms with van der Waals surface area (Å²) in [5.41, 5.74) is 12.5. The van der Waals surface area contributed by atoms with Gasteiger partial charge >= 0.3 is 0 Å². The van der Waals surface area contributed by atoms with Crippen LogP contribution in [-0.4, -0.2) is 18.3 Å². The standard InChI is InChI=1S/C13H21BrN2O2/c1-2-18-12-8-9(7-10(14)13(12)17)11(16)5-3-4-6-15/h7-8,11,17H,2-6,15-16H2,1H3/t11-/m0/s1. The normalized spacial score (nSPS) is 12.4. The largest absolute Gasteiger partial charge is 0.503 e. The fourth-order valence-electron chi connectivity index (χ4n) is 1.75. The van der Waals surface area contributed by atoms with Gasteiger partial charge in [0.25, 0.3) is 0 Å². The molecule has 0 aliphatic heterocycles. The number of hydrogen-bond donors (Lipinski definition) is 3. The number of phenolic OH excluding ortho intramolecular Hbond substituents is 1. The Kier molecular flexibility index (Phi) is 6.46. The molecule has 1 aromatic carbocycles. The van der Waals surface area contributed by atoms with Crippen molar-refractivity contribution in [3.63, 3.8) is 0 Å². The second kappa shape index (κ2) is 7.61. The molecule has 0 fully saturated rings. The van der Waals surface area contributed by atoms with Crippen LogP contribution in [0.15, 0.2) is 16.6 Å². The van der Waals surface area contributed by atoms with E-state index >= 15 is 0 Å². The highest BCUT2D eigenvalue weighted by atomic mass is 79.9. The predicted octanol–water partition coefficient (Wildman–Crippen LogP) is 2.68. The molecule has 0 saturated carbocycles. The number of unbranched alkanes of at least 4 members (excludes halogenated alkanes) is 1. The van der Waals surface area contributed by atoms with Gasteiger partial charge in [-0.2, -0.15) is 0 Å². The van der Waals surface area contributed by atoms with Gasteiger partial charge in [-0.3, -0.25) is 0 Å². The van der Waals surface area contributed by atoms with Crippen molar-refractivity contribution in [2.45, 2.75) is 32.2 Å². The minimum Gasteiger partial charge on any atom is -0.503 e. The van der Waals surface area contributed by atoms with Crippen LogP contribution in [0.2, 0.25) is 0 Å². The number of hydrogen-bond acceptors (Lipinski definition) is 4. The molecule has 0 aromatic heterocycles. The number of phenols is 1. The van der Waals surface area contributed by atoms with E-state index in [0.717, 1.165) is 24.8 Å². The smallest absolute Gasteiger partial charge is 0.172 e. The highest BCUT2D eigenvalue weighted by Gasteiger charge is 2.13. The van der Waals surface area contributed by atoms with Crippen LogP contribution in [0.3, 0.4) is 0 Å². The predicted molar refractivity (Wildman–Crippen MR) is 76.8 cm³/mol. The molecule has 0 unspecified atom stereocenters. The summed E-state index contributed by atoms with van der Waals surface area (Å²) in [6, 6.07) is 3.58. The molecule has 4 nitrogen and oxygen atoms in total. The van der Waals surface area contributed by atoms with E-state index in [1.54, 1.807) is 6.07 Å². The number of benzene rings is 1. The Morgan fingerprint density at radius 1 is 1.39 bits per heavy atom. The zero-order valence-electron chi connectivity index (χ0n) is 10.7. The summed E-state index contributed by atoms with van der Waals surface area (Å²) in [5, 5.41) is 9.82. The topological polar surface area (TPSA) is 81.5 Å². The highest BCUT2D eigenvalue weighted by molar-refractivity contribution is 9.10. The Morgan fingerprint density at radius 3 is 2.72 bits per heavy atom. The molecule has 0 aliphatic carbocycles. The first-order valence-electron chi connectivity index (χ1n) is 6.21. The van der Waals surface area contributed by atoms with E-state index in [9.17, 15) is 5.11 Å². The Bertz CT molecular complexity index is 385. The molecule has 1 aromatic rings. The van der Waals surface area contributed by atoms with Crippen molar-refractivity contribution in [3.8, 4) is 11.5 Å². The zero-order valence-corrected chi connectivity index (χ0v) is 12.2. The van der Waals surface area contributed by atoms with Gasteiger partial charge in [-0.15, -0.1) is 0 Å². The van der Waals surface area contributed by atoms with Crippen LogP contribution in [0, 0.1) is 0 Å². The van der Waals surface area contributed by atoms with Gasteiger partial charge in [0.1, 0.15) is 0 Å². The molecule has 0 aliphatic rings. The van der Waals surface area contributed by atoms with Crippen molar-refractivity contribution in [2.75, 3.05) is 13.2 Å². The van der Waals surface area contributed by atoms with Crippen molar-refractivity contribution in [2.24, 2.45) is 11.5 Å². The summed E-state index contributed by atoms with van der Waals surface area (Å²) in [6.07, 6.45) is 2.85. The van der Waals surface area contributed by atoms with Gasteiger partial charge in [0, 0.05) is 6.04 Å². The van der Waals surface area contributed by atoms with E-state index in [2.05, 4.69) is 15.9 Å². The van der Waals surface area contributed by atoms with Gasteiger partial charge in [-0.1, -0.05) is 6.42 Å². The third-order valence-electron chi connectivity index (χ3n) is 2.75. The molecule has 0 heterocycles. The van der Waals surface area contributed by atoms with Crippen molar-refractivity contribution >= 4 is 15.9 Å². The Labute approximate surface area is 116 Å². The van der Waals surface area contributed by atoms with Crippen LogP contribution < -0.4 is 16.2 Å². The molecule has 0 saturated heterocycles. The van der Waals surface area contributed by atoms with Crippen molar-refractivity contribution in [1.82, 2.24) is 0 Å². The fourth-order valence-corrected chi connectivity index (χ4v) is 2.21.